The fourth-order valence-corrected chi connectivity index (χ4v) is 2.18. The highest BCUT2D eigenvalue weighted by Crippen LogP contribution is 2.27. The molecule has 0 saturated carbocycles. The van der Waals surface area contributed by atoms with E-state index in [9.17, 15) is 9.90 Å². The molecule has 0 unspecified atom stereocenters. The van der Waals surface area contributed by atoms with Gasteiger partial charge in [-0.05, 0) is 12.8 Å². The van der Waals surface area contributed by atoms with E-state index in [0.29, 0.717) is 32.1 Å². The highest BCUT2D eigenvalue weighted by molar-refractivity contribution is 5.69. The molecule has 0 aromatic heterocycles. The van der Waals surface area contributed by atoms with Gasteiger partial charge < -0.3 is 14.6 Å². The van der Waals surface area contributed by atoms with Crippen LogP contribution in [0.25, 0.3) is 0 Å². The first-order valence-corrected chi connectivity index (χ1v) is 8.99. The SMILES string of the molecule is CCCCCC#CCC#C[C@@H](O)[C@@H]1O[C@H]1CC#CCCCC(=O)OC. The molecule has 1 fully saturated rings. The van der Waals surface area contributed by atoms with Crippen molar-refractivity contribution in [3.8, 4) is 35.5 Å². The third kappa shape index (κ3) is 10.5. The van der Waals surface area contributed by atoms with Crippen LogP contribution in [0.15, 0.2) is 0 Å². The van der Waals surface area contributed by atoms with Crippen molar-refractivity contribution in [1.82, 2.24) is 0 Å². The lowest BCUT2D eigenvalue weighted by Crippen LogP contribution is -2.14. The first-order chi connectivity index (χ1) is 12.2. The van der Waals surface area contributed by atoms with Crippen molar-refractivity contribution in [3.63, 3.8) is 0 Å². The molecule has 4 nitrogen and oxygen atoms in total. The number of aliphatic hydroxyl groups excluding tert-OH is 1. The molecule has 1 aliphatic heterocycles. The number of rotatable bonds is 8. The summed E-state index contributed by atoms with van der Waals surface area (Å²) in [5, 5.41) is 9.91. The smallest absolute Gasteiger partial charge is 0.305 e. The van der Waals surface area contributed by atoms with Gasteiger partial charge in [0.1, 0.15) is 12.2 Å². The van der Waals surface area contributed by atoms with Crippen LogP contribution >= 0.6 is 0 Å². The fraction of sp³-hybridized carbons (Fsp3) is 0.667. The minimum absolute atomic E-state index is 0.0439. The summed E-state index contributed by atoms with van der Waals surface area (Å²) in [4.78, 5) is 10.9. The monoisotopic (exact) mass is 344 g/mol. The van der Waals surface area contributed by atoms with Crippen LogP contribution in [0.5, 0.6) is 0 Å². The Hall–Kier alpha value is -1.93. The van der Waals surface area contributed by atoms with Gasteiger partial charge in [0.2, 0.25) is 0 Å². The molecule has 1 rings (SSSR count). The molecule has 3 atom stereocenters. The van der Waals surface area contributed by atoms with Crippen LogP contribution in [-0.2, 0) is 14.3 Å². The molecule has 4 heteroatoms. The van der Waals surface area contributed by atoms with Crippen molar-refractivity contribution >= 4 is 5.97 Å². The Kier molecular flexibility index (Phi) is 11.3. The van der Waals surface area contributed by atoms with Crippen molar-refractivity contribution in [1.29, 1.82) is 0 Å². The second kappa shape index (κ2) is 13.4. The maximum absolute atomic E-state index is 10.9. The molecule has 1 heterocycles. The van der Waals surface area contributed by atoms with Crippen LogP contribution in [0, 0.1) is 35.5 Å². The maximum atomic E-state index is 10.9. The van der Waals surface area contributed by atoms with E-state index in [1.54, 1.807) is 0 Å². The van der Waals surface area contributed by atoms with Crippen LogP contribution < -0.4 is 0 Å². The molecular formula is C21H28O4. The van der Waals surface area contributed by atoms with E-state index in [2.05, 4.69) is 47.2 Å². The Bertz CT molecular complexity index is 576. The summed E-state index contributed by atoms with van der Waals surface area (Å²) in [5.41, 5.74) is 0. The Morgan fingerprint density at radius 2 is 1.88 bits per heavy atom. The second-order valence-electron chi connectivity index (χ2n) is 5.88. The molecule has 1 aliphatic rings. The average molecular weight is 344 g/mol. The summed E-state index contributed by atoms with van der Waals surface area (Å²) in [6.07, 6.45) is 6.24. The van der Waals surface area contributed by atoms with Crippen molar-refractivity contribution in [3.05, 3.63) is 0 Å². The van der Waals surface area contributed by atoms with Gasteiger partial charge in [0, 0.05) is 25.7 Å². The van der Waals surface area contributed by atoms with E-state index >= 15 is 0 Å². The predicted molar refractivity (Wildman–Crippen MR) is 97.2 cm³/mol. The molecule has 25 heavy (non-hydrogen) atoms. The first-order valence-electron chi connectivity index (χ1n) is 8.99. The maximum Gasteiger partial charge on any atom is 0.305 e. The fourth-order valence-electron chi connectivity index (χ4n) is 2.18. The first kappa shape index (κ1) is 21.1. The third-order valence-electron chi connectivity index (χ3n) is 3.73. The predicted octanol–water partition coefficient (Wildman–Crippen LogP) is 2.83. The highest BCUT2D eigenvalue weighted by atomic mass is 16.6. The van der Waals surface area contributed by atoms with E-state index in [1.165, 1.54) is 20.0 Å². The molecule has 0 aromatic carbocycles. The molecule has 1 saturated heterocycles. The number of esters is 1. The van der Waals surface area contributed by atoms with E-state index < -0.39 is 6.10 Å². The van der Waals surface area contributed by atoms with Gasteiger partial charge in [-0.15, -0.1) is 17.8 Å². The Balaban J connectivity index is 2.11. The molecule has 0 aliphatic carbocycles. The zero-order valence-electron chi connectivity index (χ0n) is 15.3. The number of aliphatic hydroxyl groups is 1. The van der Waals surface area contributed by atoms with Gasteiger partial charge in [0.15, 0.2) is 0 Å². The van der Waals surface area contributed by atoms with Crippen molar-refractivity contribution in [2.24, 2.45) is 0 Å². The molecule has 0 spiro atoms. The number of epoxide rings is 1. The Labute approximate surface area is 151 Å². The van der Waals surface area contributed by atoms with Gasteiger partial charge in [-0.25, -0.2) is 0 Å². The zero-order valence-corrected chi connectivity index (χ0v) is 15.3. The number of carbonyl (C=O) groups is 1. The van der Waals surface area contributed by atoms with Crippen LogP contribution in [-0.4, -0.2) is 36.5 Å². The van der Waals surface area contributed by atoms with E-state index in [1.807, 2.05) is 0 Å². The second-order valence-corrected chi connectivity index (χ2v) is 5.88. The zero-order chi connectivity index (χ0) is 18.3. The van der Waals surface area contributed by atoms with Crippen LogP contribution in [0.1, 0.15) is 64.7 Å². The number of carbonyl (C=O) groups excluding carboxylic acids is 1. The van der Waals surface area contributed by atoms with Gasteiger partial charge in [0.25, 0.3) is 0 Å². The van der Waals surface area contributed by atoms with Gasteiger partial charge in [-0.2, -0.15) is 0 Å². The van der Waals surface area contributed by atoms with E-state index in [-0.39, 0.29) is 18.2 Å². The summed E-state index contributed by atoms with van der Waals surface area (Å²) in [6, 6.07) is 0. The summed E-state index contributed by atoms with van der Waals surface area (Å²) in [5.74, 6) is 17.6. The van der Waals surface area contributed by atoms with Crippen molar-refractivity contribution < 1.29 is 19.4 Å². The number of methoxy groups -OCH3 is 1. The number of ether oxygens (including phenoxy) is 2. The molecule has 136 valence electrons. The van der Waals surface area contributed by atoms with E-state index in [0.717, 1.165) is 12.8 Å². The Morgan fingerprint density at radius 1 is 1.12 bits per heavy atom. The van der Waals surface area contributed by atoms with E-state index in [4.69, 9.17) is 4.74 Å². The molecule has 0 amide bonds. The number of unbranched alkanes of at least 4 members (excludes halogenated alkanes) is 4. The Morgan fingerprint density at radius 3 is 2.64 bits per heavy atom. The normalized spacial score (nSPS) is 18.5. The minimum atomic E-state index is -0.770. The standard InChI is InChI=1S/C21H28O4/c1-3-4-5-6-7-8-9-12-15-18(22)21-19(25-21)16-13-10-11-14-17-20(23)24-2/h18-19,21-22H,3-6,9,11,14,16-17H2,1-2H3/t18-,19+,21+/m1/s1. The van der Waals surface area contributed by atoms with Gasteiger partial charge >= 0.3 is 5.97 Å². The third-order valence-corrected chi connectivity index (χ3v) is 3.73. The average Bonchev–Trinajstić information content (AvgIpc) is 3.39. The van der Waals surface area contributed by atoms with Crippen LogP contribution in [0.3, 0.4) is 0 Å². The summed E-state index contributed by atoms with van der Waals surface area (Å²) < 4.78 is 9.96. The van der Waals surface area contributed by atoms with Gasteiger partial charge in [0.05, 0.1) is 19.6 Å². The lowest BCUT2D eigenvalue weighted by molar-refractivity contribution is -0.140. The summed E-state index contributed by atoms with van der Waals surface area (Å²) in [7, 11) is 1.38. The van der Waals surface area contributed by atoms with Crippen molar-refractivity contribution in [2.75, 3.05) is 7.11 Å². The number of hydrogen-bond acceptors (Lipinski definition) is 4. The topological polar surface area (TPSA) is 59.1 Å². The lowest BCUT2D eigenvalue weighted by atomic mass is 10.1. The van der Waals surface area contributed by atoms with Crippen LogP contribution in [0.2, 0.25) is 0 Å². The largest absolute Gasteiger partial charge is 0.469 e. The molecule has 1 N–H and O–H groups in total. The molecular weight excluding hydrogens is 316 g/mol. The number of hydrogen-bond donors (Lipinski definition) is 1. The highest BCUT2D eigenvalue weighted by Gasteiger charge is 2.43. The molecule has 0 radical (unpaired) electrons. The minimum Gasteiger partial charge on any atom is -0.469 e. The lowest BCUT2D eigenvalue weighted by Gasteiger charge is -1.95. The van der Waals surface area contributed by atoms with Gasteiger partial charge in [-0.1, -0.05) is 37.5 Å². The molecule has 0 bridgehead atoms. The summed E-state index contributed by atoms with van der Waals surface area (Å²) >= 11 is 0. The molecule has 0 aromatic rings. The van der Waals surface area contributed by atoms with Gasteiger partial charge in [-0.3, -0.25) is 4.79 Å². The summed E-state index contributed by atoms with van der Waals surface area (Å²) in [6.45, 7) is 2.17. The van der Waals surface area contributed by atoms with Crippen molar-refractivity contribution in [2.45, 2.75) is 83.0 Å². The quantitative estimate of drug-likeness (QED) is 0.318. The van der Waals surface area contributed by atoms with Crippen LogP contribution in [0.4, 0.5) is 0 Å².